The van der Waals surface area contributed by atoms with Crippen LogP contribution >= 0.6 is 0 Å². The van der Waals surface area contributed by atoms with Crippen LogP contribution in [-0.2, 0) is 20.6 Å². The van der Waals surface area contributed by atoms with Gasteiger partial charge in [0, 0.05) is 20.6 Å². The molecule has 2 aromatic rings. The van der Waals surface area contributed by atoms with Gasteiger partial charge in [0.2, 0.25) is 0 Å². The van der Waals surface area contributed by atoms with E-state index in [0.29, 0.717) is 17.9 Å². The molecule has 0 radical (unpaired) electrons. The maximum absolute atomic E-state index is 12.1. The lowest BCUT2D eigenvalue weighted by molar-refractivity contribution is 0.703. The molecule has 0 saturated carbocycles. The van der Waals surface area contributed by atoms with E-state index in [0.717, 1.165) is 4.57 Å². The largest absolute Gasteiger partial charge is 0.332 e. The van der Waals surface area contributed by atoms with Gasteiger partial charge in [-0.2, -0.15) is 0 Å². The summed E-state index contributed by atoms with van der Waals surface area (Å²) in [5, 5.41) is 0. The summed E-state index contributed by atoms with van der Waals surface area (Å²) in [7, 11) is 2.97. The van der Waals surface area contributed by atoms with Crippen molar-refractivity contribution in [1.29, 1.82) is 0 Å². The number of imidazole rings is 1. The highest BCUT2D eigenvalue weighted by atomic mass is 16.2. The minimum atomic E-state index is -0.431. The van der Waals surface area contributed by atoms with Gasteiger partial charge < -0.3 is 4.57 Å². The molecular weight excluding hydrogens is 232 g/mol. The first-order valence-corrected chi connectivity index (χ1v) is 5.26. The zero-order chi connectivity index (χ0) is 13.4. The van der Waals surface area contributed by atoms with Crippen molar-refractivity contribution >= 4 is 11.2 Å². The summed E-state index contributed by atoms with van der Waals surface area (Å²) in [6, 6.07) is 0. The van der Waals surface area contributed by atoms with Gasteiger partial charge in [0.05, 0.1) is 0 Å². The van der Waals surface area contributed by atoms with Crippen LogP contribution in [0.25, 0.3) is 11.2 Å². The molecular formula is C12H12N4O2. The van der Waals surface area contributed by atoms with Crippen LogP contribution in [0.4, 0.5) is 0 Å². The summed E-state index contributed by atoms with van der Waals surface area (Å²) in [6.45, 7) is 3.98. The van der Waals surface area contributed by atoms with Gasteiger partial charge in [0.1, 0.15) is 0 Å². The van der Waals surface area contributed by atoms with Crippen LogP contribution in [0, 0.1) is 12.3 Å². The highest BCUT2D eigenvalue weighted by Crippen LogP contribution is 2.10. The van der Waals surface area contributed by atoms with Crippen LogP contribution in [0.5, 0.6) is 0 Å². The Morgan fingerprint density at radius 2 is 2.06 bits per heavy atom. The molecule has 2 rings (SSSR count). The van der Waals surface area contributed by atoms with Gasteiger partial charge in [0.25, 0.3) is 5.56 Å². The van der Waals surface area contributed by atoms with E-state index in [1.807, 2.05) is 0 Å². The molecule has 0 aromatic carbocycles. The van der Waals surface area contributed by atoms with Crippen molar-refractivity contribution in [2.24, 2.45) is 14.1 Å². The predicted octanol–water partition coefficient (Wildman–Crippen LogP) is -0.399. The molecule has 6 nitrogen and oxygen atoms in total. The zero-order valence-corrected chi connectivity index (χ0v) is 10.2. The molecule has 0 atom stereocenters. The maximum atomic E-state index is 12.1. The first kappa shape index (κ1) is 11.9. The standard InChI is InChI=1S/C12H12N4O2/c1-5-7-16-8(6-2)13-10-9(16)11(17)15(4)12(18)14(10)3/h2,5H,1,7H2,3-4H3. The van der Waals surface area contributed by atoms with E-state index in [2.05, 4.69) is 17.5 Å². The second-order valence-corrected chi connectivity index (χ2v) is 3.86. The molecule has 2 heterocycles. The SMILES string of the molecule is C#Cc1nc2c(c(=O)n(C)c(=O)n2C)n1CC=C. The summed E-state index contributed by atoms with van der Waals surface area (Å²) in [4.78, 5) is 28.0. The number of nitrogens with zero attached hydrogens (tertiary/aromatic N) is 4. The average molecular weight is 244 g/mol. The van der Waals surface area contributed by atoms with E-state index >= 15 is 0 Å². The van der Waals surface area contributed by atoms with Crippen LogP contribution in [-0.4, -0.2) is 18.7 Å². The summed E-state index contributed by atoms with van der Waals surface area (Å²) < 4.78 is 3.91. The second kappa shape index (κ2) is 4.04. The van der Waals surface area contributed by atoms with Crippen LogP contribution in [0.15, 0.2) is 22.2 Å². The molecule has 2 aromatic heterocycles. The third-order valence-corrected chi connectivity index (χ3v) is 2.79. The molecule has 0 aliphatic carbocycles. The third kappa shape index (κ3) is 1.41. The number of terminal acetylenes is 1. The van der Waals surface area contributed by atoms with Gasteiger partial charge in [-0.25, -0.2) is 9.78 Å². The van der Waals surface area contributed by atoms with Crippen LogP contribution in [0.2, 0.25) is 0 Å². The lowest BCUT2D eigenvalue weighted by atomic mass is 10.4. The third-order valence-electron chi connectivity index (χ3n) is 2.79. The number of aryl methyl sites for hydroxylation is 1. The Balaban J connectivity index is 3.11. The number of fused-ring (bicyclic) bond motifs is 1. The van der Waals surface area contributed by atoms with Crippen molar-refractivity contribution in [3.05, 3.63) is 39.3 Å². The molecule has 0 amide bonds. The number of rotatable bonds is 2. The van der Waals surface area contributed by atoms with Crippen molar-refractivity contribution < 1.29 is 0 Å². The molecule has 0 unspecified atom stereocenters. The molecule has 0 spiro atoms. The van der Waals surface area contributed by atoms with E-state index in [1.165, 1.54) is 11.6 Å². The monoisotopic (exact) mass is 244 g/mol. The summed E-state index contributed by atoms with van der Waals surface area (Å²) >= 11 is 0. The fourth-order valence-corrected chi connectivity index (χ4v) is 1.86. The lowest BCUT2D eigenvalue weighted by Gasteiger charge is -2.04. The summed E-state index contributed by atoms with van der Waals surface area (Å²) in [6.07, 6.45) is 6.97. The first-order valence-electron chi connectivity index (χ1n) is 5.26. The molecule has 0 N–H and O–H groups in total. The number of allylic oxidation sites excluding steroid dienone is 1. The molecule has 0 aliphatic heterocycles. The second-order valence-electron chi connectivity index (χ2n) is 3.86. The van der Waals surface area contributed by atoms with Crippen molar-refractivity contribution in [2.45, 2.75) is 6.54 Å². The Kier molecular flexibility index (Phi) is 2.67. The Hall–Kier alpha value is -2.55. The van der Waals surface area contributed by atoms with E-state index in [-0.39, 0.29) is 5.65 Å². The van der Waals surface area contributed by atoms with Crippen molar-refractivity contribution in [3.63, 3.8) is 0 Å². The normalized spacial score (nSPS) is 10.5. The highest BCUT2D eigenvalue weighted by Gasteiger charge is 2.17. The quantitative estimate of drug-likeness (QED) is 0.533. The van der Waals surface area contributed by atoms with Gasteiger partial charge in [-0.1, -0.05) is 6.08 Å². The maximum Gasteiger partial charge on any atom is 0.332 e. The smallest absolute Gasteiger partial charge is 0.308 e. The molecule has 18 heavy (non-hydrogen) atoms. The Labute approximate surface area is 103 Å². The van der Waals surface area contributed by atoms with Crippen molar-refractivity contribution in [2.75, 3.05) is 0 Å². The van der Waals surface area contributed by atoms with Gasteiger partial charge in [-0.05, 0) is 5.92 Å². The molecule has 92 valence electrons. The number of hydrogen-bond donors (Lipinski definition) is 0. The minimum absolute atomic E-state index is 0.290. The fourth-order valence-electron chi connectivity index (χ4n) is 1.86. The zero-order valence-electron chi connectivity index (χ0n) is 10.2. The van der Waals surface area contributed by atoms with E-state index in [1.54, 1.807) is 17.7 Å². The van der Waals surface area contributed by atoms with Crippen LogP contribution in [0.3, 0.4) is 0 Å². The van der Waals surface area contributed by atoms with Crippen molar-refractivity contribution in [3.8, 4) is 12.3 Å². The lowest BCUT2D eigenvalue weighted by Crippen LogP contribution is -2.37. The summed E-state index contributed by atoms with van der Waals surface area (Å²) in [5.41, 5.74) is -0.242. The molecule has 0 bridgehead atoms. The average Bonchev–Trinajstić information content (AvgIpc) is 2.73. The Morgan fingerprint density at radius 1 is 1.39 bits per heavy atom. The Bertz CT molecular complexity index is 799. The molecule has 6 heteroatoms. The van der Waals surface area contributed by atoms with Gasteiger partial charge in [0.15, 0.2) is 17.0 Å². The Morgan fingerprint density at radius 3 is 2.61 bits per heavy atom. The molecule has 0 saturated heterocycles. The van der Waals surface area contributed by atoms with Gasteiger partial charge in [-0.3, -0.25) is 13.9 Å². The van der Waals surface area contributed by atoms with E-state index in [4.69, 9.17) is 6.42 Å². The topological polar surface area (TPSA) is 61.8 Å². The van der Waals surface area contributed by atoms with Gasteiger partial charge in [-0.15, -0.1) is 13.0 Å². The fraction of sp³-hybridized carbons (Fsp3) is 0.250. The minimum Gasteiger partial charge on any atom is -0.308 e. The number of hydrogen-bond acceptors (Lipinski definition) is 3. The van der Waals surface area contributed by atoms with E-state index < -0.39 is 11.2 Å². The molecule has 0 fully saturated rings. The van der Waals surface area contributed by atoms with Gasteiger partial charge >= 0.3 is 5.69 Å². The first-order chi connectivity index (χ1) is 8.52. The molecule has 0 aliphatic rings. The van der Waals surface area contributed by atoms with Crippen LogP contribution in [0.1, 0.15) is 5.82 Å². The highest BCUT2D eigenvalue weighted by molar-refractivity contribution is 5.72. The van der Waals surface area contributed by atoms with E-state index in [9.17, 15) is 9.59 Å². The predicted molar refractivity (Wildman–Crippen MR) is 68.3 cm³/mol. The van der Waals surface area contributed by atoms with Crippen molar-refractivity contribution in [1.82, 2.24) is 18.7 Å². The van der Waals surface area contributed by atoms with Crippen LogP contribution < -0.4 is 11.2 Å². The summed E-state index contributed by atoms with van der Waals surface area (Å²) in [5.74, 6) is 2.71. The number of aromatic nitrogens is 4.